The molecule has 0 bridgehead atoms. The molecule has 0 aromatic heterocycles. The lowest BCUT2D eigenvalue weighted by Gasteiger charge is -2.34. The van der Waals surface area contributed by atoms with Gasteiger partial charge in [0, 0.05) is 30.4 Å². The van der Waals surface area contributed by atoms with E-state index in [1.807, 2.05) is 18.2 Å². The summed E-state index contributed by atoms with van der Waals surface area (Å²) >= 11 is 0. The van der Waals surface area contributed by atoms with Crippen LogP contribution < -0.4 is 23.8 Å². The lowest BCUT2D eigenvalue weighted by Crippen LogP contribution is -2.26. The number of anilines is 1. The van der Waals surface area contributed by atoms with Crippen LogP contribution in [0.3, 0.4) is 0 Å². The Bertz CT molecular complexity index is 1010. The summed E-state index contributed by atoms with van der Waals surface area (Å²) in [5.74, 6) is 3.17. The Kier molecular flexibility index (Phi) is 5.21. The minimum Gasteiger partial charge on any atom is -0.497 e. The van der Waals surface area contributed by atoms with E-state index >= 15 is 0 Å². The first-order chi connectivity index (χ1) is 14.2. The zero-order valence-electron chi connectivity index (χ0n) is 17.2. The van der Waals surface area contributed by atoms with Gasteiger partial charge in [-0.15, -0.1) is 0 Å². The number of hydrogen-bond acceptors (Lipinski definition) is 5. The van der Waals surface area contributed by atoms with Gasteiger partial charge < -0.3 is 23.8 Å². The number of methoxy groups -OCH3 is 4. The quantitative estimate of drug-likeness (QED) is 0.597. The first-order valence-electron chi connectivity index (χ1n) is 9.48. The van der Waals surface area contributed by atoms with Crippen LogP contribution in [0.4, 0.5) is 5.69 Å². The van der Waals surface area contributed by atoms with Gasteiger partial charge in [-0.1, -0.05) is 12.1 Å². The highest BCUT2D eigenvalue weighted by atomic mass is 16.5. The van der Waals surface area contributed by atoms with Crippen LogP contribution in [0.1, 0.15) is 11.1 Å². The number of fused-ring (bicyclic) bond motifs is 3. The molecule has 3 aromatic carbocycles. The molecule has 29 heavy (non-hydrogen) atoms. The number of benzene rings is 3. The van der Waals surface area contributed by atoms with E-state index in [2.05, 4.69) is 41.3 Å². The maximum atomic E-state index is 5.53. The molecule has 0 saturated carbocycles. The van der Waals surface area contributed by atoms with Crippen molar-refractivity contribution in [3.05, 3.63) is 65.7 Å². The predicted octanol–water partition coefficient (Wildman–Crippen LogP) is 4.91. The second-order valence-electron chi connectivity index (χ2n) is 6.95. The molecule has 0 N–H and O–H groups in total. The van der Waals surface area contributed by atoms with E-state index in [4.69, 9.17) is 18.9 Å². The third kappa shape index (κ3) is 3.56. The van der Waals surface area contributed by atoms with Crippen molar-refractivity contribution in [3.8, 4) is 34.1 Å². The summed E-state index contributed by atoms with van der Waals surface area (Å²) in [7, 11) is 6.71. The molecule has 5 heteroatoms. The van der Waals surface area contributed by atoms with Crippen LogP contribution >= 0.6 is 0 Å². The van der Waals surface area contributed by atoms with Gasteiger partial charge in [0.15, 0.2) is 11.5 Å². The molecule has 1 aliphatic rings. The SMILES string of the molecule is COc1ccc(CN2Cc3cc(OC)c(OC)cc3-c3ccc(OC)cc32)cc1. The first kappa shape index (κ1) is 19.0. The van der Waals surface area contributed by atoms with Gasteiger partial charge in [0.25, 0.3) is 0 Å². The van der Waals surface area contributed by atoms with Crippen molar-refractivity contribution in [2.45, 2.75) is 13.1 Å². The van der Waals surface area contributed by atoms with Crippen LogP contribution in [-0.2, 0) is 13.1 Å². The van der Waals surface area contributed by atoms with Crippen molar-refractivity contribution in [1.29, 1.82) is 0 Å². The molecule has 0 radical (unpaired) electrons. The molecule has 0 saturated heterocycles. The van der Waals surface area contributed by atoms with Crippen molar-refractivity contribution in [1.82, 2.24) is 0 Å². The summed E-state index contributed by atoms with van der Waals surface area (Å²) < 4.78 is 21.8. The van der Waals surface area contributed by atoms with Crippen LogP contribution in [0.25, 0.3) is 11.1 Å². The Morgan fingerprint density at radius 1 is 0.690 bits per heavy atom. The van der Waals surface area contributed by atoms with Gasteiger partial charge in [-0.05, 0) is 53.1 Å². The predicted molar refractivity (Wildman–Crippen MR) is 114 cm³/mol. The Balaban J connectivity index is 1.78. The lowest BCUT2D eigenvalue weighted by molar-refractivity contribution is 0.354. The minimum absolute atomic E-state index is 0.733. The van der Waals surface area contributed by atoms with Crippen molar-refractivity contribution >= 4 is 5.69 Å². The molecule has 0 unspecified atom stereocenters. The lowest BCUT2D eigenvalue weighted by atomic mass is 9.92. The Morgan fingerprint density at radius 3 is 2.00 bits per heavy atom. The monoisotopic (exact) mass is 391 g/mol. The minimum atomic E-state index is 0.733. The summed E-state index contributed by atoms with van der Waals surface area (Å²) in [6.45, 7) is 1.54. The van der Waals surface area contributed by atoms with Crippen molar-refractivity contribution in [2.75, 3.05) is 33.3 Å². The van der Waals surface area contributed by atoms with Gasteiger partial charge in [-0.2, -0.15) is 0 Å². The van der Waals surface area contributed by atoms with Crippen LogP contribution in [0.5, 0.6) is 23.0 Å². The Morgan fingerprint density at radius 2 is 1.34 bits per heavy atom. The van der Waals surface area contributed by atoms with E-state index in [1.165, 1.54) is 11.1 Å². The highest BCUT2D eigenvalue weighted by Gasteiger charge is 2.25. The summed E-state index contributed by atoms with van der Waals surface area (Å²) in [6, 6.07) is 18.5. The summed E-state index contributed by atoms with van der Waals surface area (Å²) in [4.78, 5) is 2.36. The molecule has 0 amide bonds. The van der Waals surface area contributed by atoms with Crippen LogP contribution in [0, 0.1) is 0 Å². The molecule has 1 aliphatic heterocycles. The van der Waals surface area contributed by atoms with Gasteiger partial charge in [-0.3, -0.25) is 0 Å². The molecule has 0 atom stereocenters. The number of ether oxygens (including phenoxy) is 4. The maximum Gasteiger partial charge on any atom is 0.161 e. The fraction of sp³-hybridized carbons (Fsp3) is 0.250. The third-order valence-corrected chi connectivity index (χ3v) is 5.34. The molecule has 0 aliphatic carbocycles. The fourth-order valence-corrected chi connectivity index (χ4v) is 3.81. The highest BCUT2D eigenvalue weighted by Crippen LogP contribution is 2.45. The summed E-state index contributed by atoms with van der Waals surface area (Å²) in [6.07, 6.45) is 0. The second-order valence-corrected chi connectivity index (χ2v) is 6.95. The number of hydrogen-bond donors (Lipinski definition) is 0. The molecule has 150 valence electrons. The first-order valence-corrected chi connectivity index (χ1v) is 9.48. The van der Waals surface area contributed by atoms with E-state index in [9.17, 15) is 0 Å². The van der Waals surface area contributed by atoms with Crippen LogP contribution in [0.15, 0.2) is 54.6 Å². The molecular formula is C24H25NO4. The second kappa shape index (κ2) is 7.95. The van der Waals surface area contributed by atoms with E-state index in [1.54, 1.807) is 28.4 Å². The van der Waals surface area contributed by atoms with Crippen molar-refractivity contribution in [2.24, 2.45) is 0 Å². The third-order valence-electron chi connectivity index (χ3n) is 5.34. The Labute approximate surface area is 171 Å². The largest absolute Gasteiger partial charge is 0.497 e. The zero-order chi connectivity index (χ0) is 20.4. The fourth-order valence-electron chi connectivity index (χ4n) is 3.81. The molecule has 5 nitrogen and oxygen atoms in total. The molecular weight excluding hydrogens is 366 g/mol. The van der Waals surface area contributed by atoms with Crippen LogP contribution in [0.2, 0.25) is 0 Å². The standard InChI is InChI=1S/C24H25NO4/c1-26-18-7-5-16(6-8-18)14-25-15-17-11-23(28-3)24(29-4)13-21(17)20-10-9-19(27-2)12-22(20)25/h5-13H,14-15H2,1-4H3. The molecule has 0 spiro atoms. The zero-order valence-corrected chi connectivity index (χ0v) is 17.2. The van der Waals surface area contributed by atoms with Gasteiger partial charge in [0.2, 0.25) is 0 Å². The Hall–Kier alpha value is -3.34. The highest BCUT2D eigenvalue weighted by molar-refractivity contribution is 5.86. The number of nitrogens with zero attached hydrogens (tertiary/aromatic N) is 1. The van der Waals surface area contributed by atoms with Crippen molar-refractivity contribution < 1.29 is 18.9 Å². The van der Waals surface area contributed by atoms with Gasteiger partial charge in [0.05, 0.1) is 28.4 Å². The average Bonchev–Trinajstić information content (AvgIpc) is 2.78. The summed E-state index contributed by atoms with van der Waals surface area (Å²) in [5.41, 5.74) is 5.87. The molecule has 4 rings (SSSR count). The summed E-state index contributed by atoms with van der Waals surface area (Å²) in [5, 5.41) is 0. The van der Waals surface area contributed by atoms with E-state index in [0.717, 1.165) is 52.9 Å². The van der Waals surface area contributed by atoms with E-state index in [0.29, 0.717) is 0 Å². The van der Waals surface area contributed by atoms with Gasteiger partial charge >= 0.3 is 0 Å². The maximum absolute atomic E-state index is 5.53. The smallest absolute Gasteiger partial charge is 0.161 e. The normalized spacial score (nSPS) is 12.1. The van der Waals surface area contributed by atoms with E-state index < -0.39 is 0 Å². The number of rotatable bonds is 6. The average molecular weight is 391 g/mol. The van der Waals surface area contributed by atoms with Crippen molar-refractivity contribution in [3.63, 3.8) is 0 Å². The molecule has 1 heterocycles. The van der Waals surface area contributed by atoms with Crippen LogP contribution in [-0.4, -0.2) is 28.4 Å². The van der Waals surface area contributed by atoms with E-state index in [-0.39, 0.29) is 0 Å². The van der Waals surface area contributed by atoms with Gasteiger partial charge in [-0.25, -0.2) is 0 Å². The molecule has 3 aromatic rings. The van der Waals surface area contributed by atoms with Gasteiger partial charge in [0.1, 0.15) is 11.5 Å². The topological polar surface area (TPSA) is 40.2 Å². The molecule has 0 fully saturated rings.